The van der Waals surface area contributed by atoms with E-state index in [9.17, 15) is 34.5 Å². The summed E-state index contributed by atoms with van der Waals surface area (Å²) in [6.45, 7) is 3.86. The molecule has 12 heteroatoms. The van der Waals surface area contributed by atoms with Crippen molar-refractivity contribution in [2.24, 2.45) is 0 Å². The van der Waals surface area contributed by atoms with Crippen LogP contribution >= 0.6 is 11.8 Å². The number of carboxylic acids is 1. The normalized spacial score (nSPS) is 12.8. The van der Waals surface area contributed by atoms with E-state index in [1.165, 1.54) is 44.2 Å². The van der Waals surface area contributed by atoms with E-state index in [2.05, 4.69) is 0 Å². The number of methoxy groups -OCH3 is 1. The van der Waals surface area contributed by atoms with Gasteiger partial charge in [0.2, 0.25) is 11.5 Å². The Hall–Kier alpha value is -5.07. The molecule has 2 atom stereocenters. The van der Waals surface area contributed by atoms with Gasteiger partial charge in [0.15, 0.2) is 11.2 Å². The second-order valence-electron chi connectivity index (χ2n) is 11.1. The molecule has 49 heavy (non-hydrogen) atoms. The van der Waals surface area contributed by atoms with Gasteiger partial charge in [-0.1, -0.05) is 37.6 Å². The summed E-state index contributed by atoms with van der Waals surface area (Å²) in [5.74, 6) is -2.22. The van der Waals surface area contributed by atoms with Crippen molar-refractivity contribution >= 4 is 40.5 Å². The molecule has 3 N–H and O–H groups in total. The number of unbranched alkanes of at least 4 members (excludes halogenated alkanes) is 2. The number of fused-ring (bicyclic) bond motifs is 1. The first-order chi connectivity index (χ1) is 23.5. The van der Waals surface area contributed by atoms with Crippen molar-refractivity contribution in [3.63, 3.8) is 0 Å². The maximum atomic E-state index is 12.4. The number of ether oxygens (including phenoxy) is 2. The lowest BCUT2D eigenvalue weighted by atomic mass is 10.0. The monoisotopic (exact) mass is 690 g/mol. The number of ketones is 1. The Morgan fingerprint density at radius 2 is 1.84 bits per heavy atom. The van der Waals surface area contributed by atoms with Gasteiger partial charge in [0.1, 0.15) is 17.1 Å². The highest BCUT2D eigenvalue weighted by Crippen LogP contribution is 2.36. The van der Waals surface area contributed by atoms with Crippen LogP contribution in [0.25, 0.3) is 11.0 Å². The second kappa shape index (κ2) is 17.4. The van der Waals surface area contributed by atoms with Crippen LogP contribution in [0.5, 0.6) is 11.5 Å². The largest absolute Gasteiger partial charge is 0.507 e. The summed E-state index contributed by atoms with van der Waals surface area (Å²) in [6.07, 6.45) is 11.3. The number of benzene rings is 2. The van der Waals surface area contributed by atoms with Crippen molar-refractivity contribution in [1.29, 1.82) is 0 Å². The Balaban J connectivity index is 1.41. The number of allylic oxidation sites excluding steroid dienone is 3. The predicted molar refractivity (Wildman–Crippen MR) is 184 cm³/mol. The molecule has 0 amide bonds. The van der Waals surface area contributed by atoms with Gasteiger partial charge in [0.05, 0.1) is 42.3 Å². The lowest BCUT2D eigenvalue weighted by molar-refractivity contribution is 0.0564. The van der Waals surface area contributed by atoms with Gasteiger partial charge in [-0.05, 0) is 69.0 Å². The zero-order valence-corrected chi connectivity index (χ0v) is 28.2. The number of hydrogen-bond donors (Lipinski definition) is 3. The van der Waals surface area contributed by atoms with E-state index >= 15 is 0 Å². The molecule has 2 aromatic carbocycles. The number of hydrogen-bond acceptors (Lipinski definition) is 11. The maximum absolute atomic E-state index is 12.4. The molecule has 258 valence electrons. The van der Waals surface area contributed by atoms with Crippen molar-refractivity contribution in [1.82, 2.24) is 0 Å². The molecule has 0 aliphatic heterocycles. The molecule has 0 bridgehead atoms. The maximum Gasteiger partial charge on any atom is 0.373 e. The number of aromatic hydroxyl groups is 1. The van der Waals surface area contributed by atoms with Crippen molar-refractivity contribution < 1.29 is 48.0 Å². The van der Waals surface area contributed by atoms with Crippen molar-refractivity contribution in [3.05, 3.63) is 111 Å². The van der Waals surface area contributed by atoms with Gasteiger partial charge in [-0.2, -0.15) is 0 Å². The lowest BCUT2D eigenvalue weighted by Crippen LogP contribution is -2.12. The number of aliphatic hydroxyl groups is 1. The number of thioether (sulfide) groups is 1. The number of carboxylic acid groups (broad SMARTS) is 1. The number of furan rings is 1. The van der Waals surface area contributed by atoms with Crippen LogP contribution < -0.4 is 10.2 Å². The van der Waals surface area contributed by atoms with Crippen molar-refractivity contribution in [2.45, 2.75) is 62.2 Å². The van der Waals surface area contributed by atoms with Gasteiger partial charge in [-0.3, -0.25) is 9.59 Å². The minimum atomic E-state index is -1.36. The molecule has 4 aromatic rings. The first-order valence-corrected chi connectivity index (χ1v) is 16.6. The van der Waals surface area contributed by atoms with E-state index in [1.54, 1.807) is 36.4 Å². The van der Waals surface area contributed by atoms with Crippen LogP contribution in [0.4, 0.5) is 0 Å². The Morgan fingerprint density at radius 1 is 1.04 bits per heavy atom. The van der Waals surface area contributed by atoms with Crippen LogP contribution in [0, 0.1) is 0 Å². The SMILES string of the molecule is CCCc1c(OCCCC/C=C\C=C\[C@H](Sc2ccc3c(=O)cc(C(=O)O)oc3c2)[C@H](O)c2coc(C(=O)OC)c2)ccc(C(C)=O)c1O. The number of aromatic carboxylic acids is 1. The number of rotatable bonds is 17. The standard InChI is InChI=1S/C37H38O11S/c1-4-11-27-29(16-15-25(22(2)38)35(27)41)46-17-10-8-6-5-7-9-12-33(34(40)23-18-32(47-21-23)37(44)45-3)49-24-13-14-26-28(39)20-31(36(42)43)48-30(26)19-24/h5,7,9,12-16,18-21,33-34,40-41H,4,6,8,10-11,17H2,1-3H3,(H,42,43)/b7-5-,12-9+/t33-,34+/m0/s1. The number of Topliss-reactive ketones (excluding diaryl/α,β-unsaturated/α-hetero) is 1. The van der Waals surface area contributed by atoms with E-state index in [0.29, 0.717) is 34.8 Å². The fraction of sp³-hybridized carbons (Fsp3) is 0.297. The molecule has 2 aromatic heterocycles. The van der Waals surface area contributed by atoms with Crippen molar-refractivity contribution in [3.8, 4) is 11.5 Å². The van der Waals surface area contributed by atoms with E-state index in [1.807, 2.05) is 19.1 Å². The number of carbonyl (C=O) groups excluding carboxylic acids is 2. The smallest absolute Gasteiger partial charge is 0.373 e. The molecular formula is C37H38O11S. The minimum absolute atomic E-state index is 0.0145. The summed E-state index contributed by atoms with van der Waals surface area (Å²) in [5, 5.41) is 30.7. The summed E-state index contributed by atoms with van der Waals surface area (Å²) in [6, 6.07) is 10.4. The number of carbonyl (C=O) groups is 3. The first-order valence-electron chi connectivity index (χ1n) is 15.7. The molecule has 4 rings (SSSR count). The zero-order valence-electron chi connectivity index (χ0n) is 27.3. The Kier molecular flexibility index (Phi) is 13.0. The third kappa shape index (κ3) is 9.52. The number of phenolic OH excluding ortho intramolecular Hbond substituents is 1. The molecule has 2 heterocycles. The van der Waals surface area contributed by atoms with Crippen LogP contribution in [-0.4, -0.2) is 52.0 Å². The topological polar surface area (TPSA) is 174 Å². The molecule has 0 aliphatic rings. The quantitative estimate of drug-likeness (QED) is 0.0332. The first kappa shape index (κ1) is 36.8. The fourth-order valence-electron chi connectivity index (χ4n) is 5.01. The fourth-order valence-corrected chi connectivity index (χ4v) is 6.10. The molecule has 0 fully saturated rings. The highest BCUT2D eigenvalue weighted by atomic mass is 32.2. The van der Waals surface area contributed by atoms with Crippen LogP contribution in [0.3, 0.4) is 0 Å². The molecule has 0 saturated carbocycles. The Bertz CT molecular complexity index is 1920. The average molecular weight is 691 g/mol. The van der Waals surface area contributed by atoms with E-state index in [-0.39, 0.29) is 33.8 Å². The Morgan fingerprint density at radius 3 is 2.55 bits per heavy atom. The molecule has 0 unspecified atom stereocenters. The highest BCUT2D eigenvalue weighted by Gasteiger charge is 2.24. The van der Waals surface area contributed by atoms with E-state index in [4.69, 9.17) is 18.3 Å². The van der Waals surface area contributed by atoms with Crippen LogP contribution in [-0.2, 0) is 11.2 Å². The van der Waals surface area contributed by atoms with Gasteiger partial charge >= 0.3 is 11.9 Å². The molecule has 0 radical (unpaired) electrons. The van der Waals surface area contributed by atoms with Crippen LogP contribution in [0.15, 0.2) is 91.6 Å². The minimum Gasteiger partial charge on any atom is -0.507 e. The summed E-state index contributed by atoms with van der Waals surface area (Å²) < 4.78 is 21.3. The van der Waals surface area contributed by atoms with Gasteiger partial charge in [-0.15, -0.1) is 11.8 Å². The molecule has 11 nitrogen and oxygen atoms in total. The lowest BCUT2D eigenvalue weighted by Gasteiger charge is -2.18. The summed E-state index contributed by atoms with van der Waals surface area (Å²) >= 11 is 1.24. The van der Waals surface area contributed by atoms with Gasteiger partial charge < -0.3 is 33.6 Å². The van der Waals surface area contributed by atoms with Crippen LogP contribution in [0.2, 0.25) is 0 Å². The van der Waals surface area contributed by atoms with Crippen LogP contribution in [0.1, 0.15) is 88.2 Å². The van der Waals surface area contributed by atoms with Gasteiger partial charge in [-0.25, -0.2) is 9.59 Å². The van der Waals surface area contributed by atoms with Gasteiger partial charge in [0.25, 0.3) is 0 Å². The predicted octanol–water partition coefficient (Wildman–Crippen LogP) is 7.29. The van der Waals surface area contributed by atoms with Gasteiger partial charge in [0, 0.05) is 22.1 Å². The third-order valence-electron chi connectivity index (χ3n) is 7.53. The van der Waals surface area contributed by atoms with E-state index in [0.717, 1.165) is 31.7 Å². The third-order valence-corrected chi connectivity index (χ3v) is 8.75. The zero-order chi connectivity index (χ0) is 35.5. The summed E-state index contributed by atoms with van der Waals surface area (Å²) in [4.78, 5) is 48.1. The number of aliphatic hydroxyl groups excluding tert-OH is 1. The highest BCUT2D eigenvalue weighted by molar-refractivity contribution is 8.00. The summed E-state index contributed by atoms with van der Waals surface area (Å²) in [5.41, 5.74) is 0.890. The summed E-state index contributed by atoms with van der Waals surface area (Å²) in [7, 11) is 1.22. The number of phenols is 1. The molecule has 0 saturated heterocycles. The molecule has 0 spiro atoms. The van der Waals surface area contributed by atoms with E-state index < -0.39 is 34.5 Å². The molecule has 0 aliphatic carbocycles. The molecular weight excluding hydrogens is 652 g/mol. The Labute approximate surface area is 286 Å². The van der Waals surface area contributed by atoms with Crippen molar-refractivity contribution in [2.75, 3.05) is 13.7 Å². The number of esters is 1. The second-order valence-corrected chi connectivity index (χ2v) is 12.4. The average Bonchev–Trinajstić information content (AvgIpc) is 3.58.